The number of nitrogens with one attached hydrogen (secondary N) is 2. The summed E-state index contributed by atoms with van der Waals surface area (Å²) in [7, 11) is 5.32. The van der Waals surface area contributed by atoms with E-state index in [9.17, 15) is 9.59 Å². The minimum atomic E-state index is -0.0207. The monoisotopic (exact) mass is 277 g/mol. The van der Waals surface area contributed by atoms with Crippen LogP contribution in [0, 0.1) is 0 Å². The Morgan fingerprint density at radius 3 is 2.35 bits per heavy atom. The molecule has 0 aliphatic carbocycles. The Balaban J connectivity index is 2.42. The van der Waals surface area contributed by atoms with Crippen LogP contribution in [0.1, 0.15) is 28.8 Å². The number of rotatable bonds is 7. The average Bonchev–Trinajstić information content (AvgIpc) is 2.45. The molecule has 0 aliphatic rings. The number of nitrogens with zero attached hydrogens (tertiary/aromatic N) is 1. The molecular weight excluding hydrogens is 254 g/mol. The SMILES string of the molecule is CNCCCC(=O)NCc1ccc(C(=O)N(C)C)cc1. The number of carbonyl (C=O) groups excluding carboxylic acids is 2. The lowest BCUT2D eigenvalue weighted by molar-refractivity contribution is -0.121. The van der Waals surface area contributed by atoms with Crippen molar-refractivity contribution < 1.29 is 9.59 Å². The second-order valence-electron chi connectivity index (χ2n) is 4.88. The van der Waals surface area contributed by atoms with E-state index in [0.717, 1.165) is 18.5 Å². The molecule has 20 heavy (non-hydrogen) atoms. The molecule has 5 heteroatoms. The average molecular weight is 277 g/mol. The zero-order chi connectivity index (χ0) is 15.0. The maximum Gasteiger partial charge on any atom is 0.253 e. The molecule has 0 radical (unpaired) electrons. The molecule has 0 unspecified atom stereocenters. The zero-order valence-electron chi connectivity index (χ0n) is 12.4. The minimum Gasteiger partial charge on any atom is -0.352 e. The van der Waals surface area contributed by atoms with Crippen LogP contribution in [0.25, 0.3) is 0 Å². The van der Waals surface area contributed by atoms with E-state index < -0.39 is 0 Å². The second kappa shape index (κ2) is 8.32. The van der Waals surface area contributed by atoms with Gasteiger partial charge in [0.25, 0.3) is 5.91 Å². The van der Waals surface area contributed by atoms with Gasteiger partial charge in [-0.3, -0.25) is 9.59 Å². The molecule has 0 aromatic heterocycles. The zero-order valence-corrected chi connectivity index (χ0v) is 12.4. The lowest BCUT2D eigenvalue weighted by Gasteiger charge is -2.11. The predicted octanol–water partition coefficient (Wildman–Crippen LogP) is 1.00. The third-order valence-corrected chi connectivity index (χ3v) is 2.93. The Morgan fingerprint density at radius 1 is 1.15 bits per heavy atom. The molecule has 0 spiro atoms. The van der Waals surface area contributed by atoms with E-state index in [1.807, 2.05) is 19.2 Å². The van der Waals surface area contributed by atoms with Crippen molar-refractivity contribution in [2.45, 2.75) is 19.4 Å². The van der Waals surface area contributed by atoms with Crippen molar-refractivity contribution in [2.24, 2.45) is 0 Å². The fourth-order valence-electron chi connectivity index (χ4n) is 1.74. The summed E-state index contributed by atoms with van der Waals surface area (Å²) in [6.07, 6.45) is 1.36. The molecular formula is C15H23N3O2. The maximum atomic E-state index is 11.7. The number of hydrogen-bond acceptors (Lipinski definition) is 3. The van der Waals surface area contributed by atoms with Gasteiger partial charge in [0.1, 0.15) is 0 Å². The van der Waals surface area contributed by atoms with Crippen molar-refractivity contribution in [3.8, 4) is 0 Å². The van der Waals surface area contributed by atoms with Gasteiger partial charge in [-0.25, -0.2) is 0 Å². The highest BCUT2D eigenvalue weighted by Crippen LogP contribution is 2.06. The quantitative estimate of drug-likeness (QED) is 0.731. The van der Waals surface area contributed by atoms with E-state index in [-0.39, 0.29) is 11.8 Å². The standard InChI is InChI=1S/C15H23N3O2/c1-16-10-4-5-14(19)17-11-12-6-8-13(9-7-12)15(20)18(2)3/h6-9,16H,4-5,10-11H2,1-3H3,(H,17,19). The summed E-state index contributed by atoms with van der Waals surface area (Å²) in [5.41, 5.74) is 1.64. The Morgan fingerprint density at radius 2 is 1.80 bits per heavy atom. The minimum absolute atomic E-state index is 0.0207. The predicted molar refractivity (Wildman–Crippen MR) is 79.5 cm³/mol. The Labute approximate surface area is 120 Å². The van der Waals surface area contributed by atoms with Gasteiger partial charge in [0, 0.05) is 32.6 Å². The van der Waals surface area contributed by atoms with Gasteiger partial charge in [0.15, 0.2) is 0 Å². The topological polar surface area (TPSA) is 61.4 Å². The first-order valence-corrected chi connectivity index (χ1v) is 6.76. The molecule has 0 saturated carbocycles. The molecule has 1 aromatic carbocycles. The van der Waals surface area contributed by atoms with Gasteiger partial charge >= 0.3 is 0 Å². The number of carbonyl (C=O) groups is 2. The first-order valence-electron chi connectivity index (χ1n) is 6.76. The van der Waals surface area contributed by atoms with Crippen molar-refractivity contribution >= 4 is 11.8 Å². The van der Waals surface area contributed by atoms with E-state index in [0.29, 0.717) is 18.5 Å². The van der Waals surface area contributed by atoms with Crippen LogP contribution in [0.5, 0.6) is 0 Å². The van der Waals surface area contributed by atoms with Gasteiger partial charge in [0.05, 0.1) is 0 Å². The van der Waals surface area contributed by atoms with Crippen LogP contribution in [0.15, 0.2) is 24.3 Å². The van der Waals surface area contributed by atoms with Crippen LogP contribution >= 0.6 is 0 Å². The van der Waals surface area contributed by atoms with Crippen molar-refractivity contribution in [3.63, 3.8) is 0 Å². The van der Waals surface area contributed by atoms with Crippen LogP contribution in [-0.4, -0.2) is 44.4 Å². The lowest BCUT2D eigenvalue weighted by Crippen LogP contribution is -2.24. The molecule has 2 amide bonds. The van der Waals surface area contributed by atoms with E-state index in [1.54, 1.807) is 31.1 Å². The summed E-state index contributed by atoms with van der Waals surface area (Å²) in [4.78, 5) is 24.8. The highest BCUT2D eigenvalue weighted by molar-refractivity contribution is 5.93. The molecule has 0 atom stereocenters. The van der Waals surface area contributed by atoms with Gasteiger partial charge < -0.3 is 15.5 Å². The Kier molecular flexibility index (Phi) is 6.73. The normalized spacial score (nSPS) is 10.2. The molecule has 5 nitrogen and oxygen atoms in total. The summed E-state index contributed by atoms with van der Waals surface area (Å²) in [6, 6.07) is 7.30. The fourth-order valence-corrected chi connectivity index (χ4v) is 1.74. The molecule has 1 rings (SSSR count). The van der Waals surface area contributed by atoms with Crippen LogP contribution in [-0.2, 0) is 11.3 Å². The first kappa shape index (κ1) is 16.2. The van der Waals surface area contributed by atoms with Crippen LogP contribution in [0.3, 0.4) is 0 Å². The van der Waals surface area contributed by atoms with E-state index in [4.69, 9.17) is 0 Å². The Hall–Kier alpha value is -1.88. The summed E-state index contributed by atoms with van der Waals surface area (Å²) in [6.45, 7) is 1.34. The number of benzene rings is 1. The smallest absolute Gasteiger partial charge is 0.253 e. The third-order valence-electron chi connectivity index (χ3n) is 2.93. The Bertz CT molecular complexity index is 441. The van der Waals surface area contributed by atoms with Crippen molar-refractivity contribution in [1.29, 1.82) is 0 Å². The maximum absolute atomic E-state index is 11.7. The van der Waals surface area contributed by atoms with Gasteiger partial charge in [-0.1, -0.05) is 12.1 Å². The summed E-state index contributed by atoms with van der Waals surface area (Å²) in [5.74, 6) is 0.0290. The fraction of sp³-hybridized carbons (Fsp3) is 0.467. The molecule has 0 fully saturated rings. The largest absolute Gasteiger partial charge is 0.352 e. The van der Waals surface area contributed by atoms with E-state index in [1.165, 1.54) is 0 Å². The third kappa shape index (κ3) is 5.40. The van der Waals surface area contributed by atoms with Gasteiger partial charge in [0.2, 0.25) is 5.91 Å². The summed E-state index contributed by atoms with van der Waals surface area (Å²) < 4.78 is 0. The highest BCUT2D eigenvalue weighted by Gasteiger charge is 2.07. The van der Waals surface area contributed by atoms with Crippen LogP contribution in [0.2, 0.25) is 0 Å². The van der Waals surface area contributed by atoms with Crippen molar-refractivity contribution in [1.82, 2.24) is 15.5 Å². The van der Waals surface area contributed by atoms with Crippen molar-refractivity contribution in [3.05, 3.63) is 35.4 Å². The van der Waals surface area contributed by atoms with E-state index in [2.05, 4.69) is 10.6 Å². The molecule has 1 aromatic rings. The molecule has 0 heterocycles. The van der Waals surface area contributed by atoms with Crippen molar-refractivity contribution in [2.75, 3.05) is 27.7 Å². The van der Waals surface area contributed by atoms with E-state index >= 15 is 0 Å². The van der Waals surface area contributed by atoms with Crippen LogP contribution < -0.4 is 10.6 Å². The lowest BCUT2D eigenvalue weighted by atomic mass is 10.1. The number of amides is 2. The highest BCUT2D eigenvalue weighted by atomic mass is 16.2. The number of hydrogen-bond donors (Lipinski definition) is 2. The summed E-state index contributed by atoms with van der Waals surface area (Å²) in [5, 5.41) is 5.87. The van der Waals surface area contributed by atoms with Gasteiger partial charge in [-0.15, -0.1) is 0 Å². The first-order chi connectivity index (χ1) is 9.54. The molecule has 0 bridgehead atoms. The molecule has 110 valence electrons. The van der Waals surface area contributed by atoms with Gasteiger partial charge in [-0.2, -0.15) is 0 Å². The molecule has 2 N–H and O–H groups in total. The van der Waals surface area contributed by atoms with Crippen LogP contribution in [0.4, 0.5) is 0 Å². The van der Waals surface area contributed by atoms with Gasteiger partial charge in [-0.05, 0) is 37.7 Å². The summed E-state index contributed by atoms with van der Waals surface area (Å²) >= 11 is 0. The molecule has 0 saturated heterocycles. The second-order valence-corrected chi connectivity index (χ2v) is 4.88. The molecule has 0 aliphatic heterocycles.